The molecule has 0 bridgehead atoms. The highest BCUT2D eigenvalue weighted by molar-refractivity contribution is 14.1. The van der Waals surface area contributed by atoms with Gasteiger partial charge in [-0.15, -0.1) is 0 Å². The fourth-order valence-electron chi connectivity index (χ4n) is 3.53. The van der Waals surface area contributed by atoms with Crippen LogP contribution in [0.3, 0.4) is 0 Å². The number of anilines is 1. The molecule has 0 fully saturated rings. The molecule has 1 aliphatic carbocycles. The van der Waals surface area contributed by atoms with Gasteiger partial charge in [0.2, 0.25) is 10.0 Å². The van der Waals surface area contributed by atoms with Gasteiger partial charge in [-0.25, -0.2) is 28.1 Å². The minimum atomic E-state index is -3.21. The average molecular weight is 558 g/mol. The summed E-state index contributed by atoms with van der Waals surface area (Å²) in [7, 11) is -3.21. The number of benzene rings is 1. The molecule has 3 aromatic rings. The van der Waals surface area contributed by atoms with Crippen LogP contribution in [-0.2, 0) is 29.4 Å². The van der Waals surface area contributed by atoms with E-state index in [9.17, 15) is 8.42 Å². The van der Waals surface area contributed by atoms with Crippen LogP contribution in [0.1, 0.15) is 30.9 Å². The Morgan fingerprint density at radius 3 is 2.80 bits per heavy atom. The van der Waals surface area contributed by atoms with Crippen LogP contribution in [-0.4, -0.2) is 40.2 Å². The molecule has 0 atom stereocenters. The lowest BCUT2D eigenvalue weighted by molar-refractivity contribution is 0.564. The maximum absolute atomic E-state index is 11.7. The number of nitrogens with one attached hydrogen (secondary N) is 1. The molecular formula is C19H23IN6O2S2. The van der Waals surface area contributed by atoms with Crippen molar-refractivity contribution in [3.05, 3.63) is 33.2 Å². The number of fused-ring (bicyclic) bond motifs is 2. The maximum Gasteiger partial charge on any atom is 0.211 e. The van der Waals surface area contributed by atoms with Crippen LogP contribution in [0, 0.1) is 3.57 Å². The SMILES string of the molecule is CCS(=O)(=O)NCCCn1c(Sc2cc3c(cc2I)CCC3)nc2c(N)ncnc21. The van der Waals surface area contributed by atoms with Gasteiger partial charge in [-0.2, -0.15) is 0 Å². The molecule has 2 heterocycles. The monoisotopic (exact) mass is 558 g/mol. The number of rotatable bonds is 8. The van der Waals surface area contributed by atoms with Crippen molar-refractivity contribution in [1.82, 2.24) is 24.2 Å². The Morgan fingerprint density at radius 2 is 2.03 bits per heavy atom. The summed E-state index contributed by atoms with van der Waals surface area (Å²) >= 11 is 3.97. The zero-order valence-corrected chi connectivity index (χ0v) is 20.3. The standard InChI is InChI=1S/C19H23IN6O2S2/c1-2-30(27,28)24-7-4-8-26-18-16(17(21)22-11-23-18)25-19(26)29-15-10-13-6-3-5-12(13)9-14(15)20/h9-11,24H,2-8H2,1H3,(H2,21,22,23). The third-order valence-corrected chi connectivity index (χ3v) is 8.85. The van der Waals surface area contributed by atoms with E-state index in [2.05, 4.69) is 49.4 Å². The lowest BCUT2D eigenvalue weighted by Crippen LogP contribution is -2.27. The van der Waals surface area contributed by atoms with Crippen molar-refractivity contribution in [3.63, 3.8) is 0 Å². The van der Waals surface area contributed by atoms with Gasteiger partial charge in [0, 0.05) is 21.6 Å². The summed E-state index contributed by atoms with van der Waals surface area (Å²) < 4.78 is 29.2. The molecule has 3 N–H and O–H groups in total. The van der Waals surface area contributed by atoms with Crippen LogP contribution < -0.4 is 10.5 Å². The van der Waals surface area contributed by atoms with E-state index in [1.807, 2.05) is 4.57 Å². The molecule has 0 saturated heterocycles. The molecule has 2 aromatic heterocycles. The number of nitrogens with zero attached hydrogens (tertiary/aromatic N) is 4. The molecule has 4 rings (SSSR count). The summed E-state index contributed by atoms with van der Waals surface area (Å²) in [6, 6.07) is 4.54. The summed E-state index contributed by atoms with van der Waals surface area (Å²) in [5.74, 6) is 0.416. The van der Waals surface area contributed by atoms with E-state index in [0.29, 0.717) is 36.5 Å². The first-order chi connectivity index (χ1) is 14.4. The topological polar surface area (TPSA) is 116 Å². The second kappa shape index (κ2) is 8.97. The Kier molecular flexibility index (Phi) is 6.51. The van der Waals surface area contributed by atoms with Gasteiger partial charge < -0.3 is 10.3 Å². The van der Waals surface area contributed by atoms with Gasteiger partial charge in [0.05, 0.1) is 5.75 Å². The minimum absolute atomic E-state index is 0.0721. The van der Waals surface area contributed by atoms with Gasteiger partial charge in [0.15, 0.2) is 22.1 Å². The van der Waals surface area contributed by atoms with Crippen molar-refractivity contribution in [1.29, 1.82) is 0 Å². The maximum atomic E-state index is 11.7. The summed E-state index contributed by atoms with van der Waals surface area (Å²) in [6.45, 7) is 2.55. The second-order valence-corrected chi connectivity index (χ2v) is 11.4. The molecule has 30 heavy (non-hydrogen) atoms. The van der Waals surface area contributed by atoms with E-state index >= 15 is 0 Å². The molecule has 0 amide bonds. The summed E-state index contributed by atoms with van der Waals surface area (Å²) in [5.41, 5.74) is 10.1. The molecule has 0 aliphatic heterocycles. The lowest BCUT2D eigenvalue weighted by atomic mass is 10.1. The molecule has 0 saturated carbocycles. The van der Waals surface area contributed by atoms with E-state index in [1.54, 1.807) is 18.7 Å². The fourth-order valence-corrected chi connectivity index (χ4v) is 6.03. The molecule has 160 valence electrons. The third kappa shape index (κ3) is 4.58. The molecule has 0 radical (unpaired) electrons. The second-order valence-electron chi connectivity index (χ2n) is 7.14. The van der Waals surface area contributed by atoms with Gasteiger partial charge in [0.1, 0.15) is 6.33 Å². The zero-order chi connectivity index (χ0) is 21.3. The predicted octanol–water partition coefficient (Wildman–Crippen LogP) is 2.98. The Hall–Kier alpha value is -1.44. The van der Waals surface area contributed by atoms with E-state index in [4.69, 9.17) is 10.7 Å². The Morgan fingerprint density at radius 1 is 1.27 bits per heavy atom. The number of nitrogens with two attached hydrogens (primary N) is 1. The van der Waals surface area contributed by atoms with Crippen molar-refractivity contribution in [2.45, 2.75) is 49.2 Å². The van der Waals surface area contributed by atoms with Crippen molar-refractivity contribution in [3.8, 4) is 0 Å². The van der Waals surface area contributed by atoms with Crippen LogP contribution in [0.4, 0.5) is 5.82 Å². The number of aryl methyl sites for hydroxylation is 3. The minimum Gasteiger partial charge on any atom is -0.382 e. The summed E-state index contributed by atoms with van der Waals surface area (Å²) in [5, 5.41) is 0.784. The first-order valence-corrected chi connectivity index (χ1v) is 13.4. The summed E-state index contributed by atoms with van der Waals surface area (Å²) in [4.78, 5) is 14.3. The molecule has 11 heteroatoms. The number of imidazole rings is 1. The van der Waals surface area contributed by atoms with Crippen LogP contribution in [0.5, 0.6) is 0 Å². The highest BCUT2D eigenvalue weighted by Crippen LogP contribution is 2.37. The van der Waals surface area contributed by atoms with Crippen LogP contribution >= 0.6 is 34.4 Å². The number of sulfonamides is 1. The van der Waals surface area contributed by atoms with Gasteiger partial charge in [-0.05, 0) is 78.5 Å². The first-order valence-electron chi connectivity index (χ1n) is 9.81. The van der Waals surface area contributed by atoms with Gasteiger partial charge >= 0.3 is 0 Å². The Labute approximate surface area is 193 Å². The largest absolute Gasteiger partial charge is 0.382 e. The smallest absolute Gasteiger partial charge is 0.211 e. The first kappa shape index (κ1) is 21.8. The molecule has 1 aliphatic rings. The number of hydrogen-bond donors (Lipinski definition) is 2. The highest BCUT2D eigenvalue weighted by atomic mass is 127. The molecular weight excluding hydrogens is 535 g/mol. The number of nitrogen functional groups attached to an aromatic ring is 1. The lowest BCUT2D eigenvalue weighted by Gasteiger charge is -2.11. The quantitative estimate of drug-likeness (QED) is 0.323. The number of halogens is 1. The molecule has 0 unspecified atom stereocenters. The van der Waals surface area contributed by atoms with Crippen molar-refractivity contribution < 1.29 is 8.42 Å². The van der Waals surface area contributed by atoms with E-state index in [0.717, 1.165) is 22.9 Å². The third-order valence-electron chi connectivity index (χ3n) is 5.13. The zero-order valence-electron chi connectivity index (χ0n) is 16.6. The van der Waals surface area contributed by atoms with E-state index in [-0.39, 0.29) is 5.75 Å². The average Bonchev–Trinajstić information content (AvgIpc) is 3.30. The van der Waals surface area contributed by atoms with Crippen molar-refractivity contribution in [2.75, 3.05) is 18.0 Å². The number of aromatic nitrogens is 4. The normalized spacial score (nSPS) is 13.8. The van der Waals surface area contributed by atoms with Gasteiger partial charge in [-0.3, -0.25) is 0 Å². The Bertz CT molecular complexity index is 1200. The predicted molar refractivity (Wildman–Crippen MR) is 127 cm³/mol. The fraction of sp³-hybridized carbons (Fsp3) is 0.421. The summed E-state index contributed by atoms with van der Waals surface area (Å²) in [6.07, 6.45) is 5.52. The number of hydrogen-bond acceptors (Lipinski definition) is 7. The van der Waals surface area contributed by atoms with E-state index in [1.165, 1.54) is 27.4 Å². The van der Waals surface area contributed by atoms with Gasteiger partial charge in [-0.1, -0.05) is 11.8 Å². The van der Waals surface area contributed by atoms with Gasteiger partial charge in [0.25, 0.3) is 0 Å². The highest BCUT2D eigenvalue weighted by Gasteiger charge is 2.19. The Balaban J connectivity index is 1.62. The van der Waals surface area contributed by atoms with E-state index < -0.39 is 10.0 Å². The van der Waals surface area contributed by atoms with Crippen molar-refractivity contribution >= 4 is 61.4 Å². The van der Waals surface area contributed by atoms with Crippen LogP contribution in [0.2, 0.25) is 0 Å². The van der Waals surface area contributed by atoms with Crippen LogP contribution in [0.25, 0.3) is 11.2 Å². The van der Waals surface area contributed by atoms with Crippen LogP contribution in [0.15, 0.2) is 28.5 Å². The molecule has 0 spiro atoms. The van der Waals surface area contributed by atoms with Crippen molar-refractivity contribution in [2.24, 2.45) is 0 Å². The molecule has 8 nitrogen and oxygen atoms in total. The molecule has 1 aromatic carbocycles.